The van der Waals surface area contributed by atoms with Gasteiger partial charge in [0.05, 0.1) is 0 Å². The van der Waals surface area contributed by atoms with Gasteiger partial charge in [-0.3, -0.25) is 0 Å². The van der Waals surface area contributed by atoms with E-state index in [2.05, 4.69) is 61.1 Å². The summed E-state index contributed by atoms with van der Waals surface area (Å²) >= 11 is 1.94. The first-order chi connectivity index (χ1) is 10.2. The molecule has 3 rings (SSSR count). The summed E-state index contributed by atoms with van der Waals surface area (Å²) in [5, 5.41) is 2.78. The lowest BCUT2D eigenvalue weighted by molar-refractivity contribution is 0.668. The summed E-state index contributed by atoms with van der Waals surface area (Å²) in [5.74, 6) is 1.26. The van der Waals surface area contributed by atoms with E-state index in [4.69, 9.17) is 0 Å². The predicted octanol–water partition coefficient (Wildman–Crippen LogP) is 5.55. The van der Waals surface area contributed by atoms with Crippen molar-refractivity contribution in [2.45, 2.75) is 33.2 Å². The van der Waals surface area contributed by atoms with E-state index in [0.717, 1.165) is 6.54 Å². The molecule has 0 saturated carbocycles. The summed E-state index contributed by atoms with van der Waals surface area (Å²) in [5.41, 5.74) is 5.46. The lowest BCUT2D eigenvalue weighted by atomic mass is 10.1. The molecule has 110 valence electrons. The van der Waals surface area contributed by atoms with Crippen LogP contribution in [0.2, 0.25) is 0 Å². The van der Waals surface area contributed by atoms with Crippen LogP contribution in [0.25, 0.3) is 21.8 Å². The summed E-state index contributed by atoms with van der Waals surface area (Å²) in [4.78, 5) is 0. The maximum Gasteiger partial charge on any atom is 0.0494 e. The van der Waals surface area contributed by atoms with Crippen molar-refractivity contribution in [1.29, 1.82) is 0 Å². The van der Waals surface area contributed by atoms with Crippen LogP contribution in [0.5, 0.6) is 0 Å². The fourth-order valence-electron chi connectivity index (χ4n) is 3.07. The molecule has 1 nitrogen and oxygen atoms in total. The summed E-state index contributed by atoms with van der Waals surface area (Å²) in [6.07, 6.45) is 4.73. The molecular weight excluding hydrogens is 274 g/mol. The van der Waals surface area contributed by atoms with Crippen LogP contribution < -0.4 is 0 Å². The van der Waals surface area contributed by atoms with Crippen molar-refractivity contribution in [2.75, 3.05) is 12.0 Å². The van der Waals surface area contributed by atoms with Gasteiger partial charge in [-0.15, -0.1) is 0 Å². The van der Waals surface area contributed by atoms with Crippen molar-refractivity contribution < 1.29 is 0 Å². The van der Waals surface area contributed by atoms with Gasteiger partial charge in [0.2, 0.25) is 0 Å². The molecule has 0 aliphatic heterocycles. The van der Waals surface area contributed by atoms with Gasteiger partial charge in [0.15, 0.2) is 0 Å². The Morgan fingerprint density at radius 3 is 1.95 bits per heavy atom. The lowest BCUT2D eigenvalue weighted by Gasteiger charge is -2.08. The van der Waals surface area contributed by atoms with Gasteiger partial charge in [-0.05, 0) is 62.0 Å². The molecule has 0 amide bonds. The molecule has 1 aromatic heterocycles. The van der Waals surface area contributed by atoms with E-state index in [-0.39, 0.29) is 0 Å². The van der Waals surface area contributed by atoms with Gasteiger partial charge in [-0.1, -0.05) is 24.3 Å². The number of nitrogens with zero attached hydrogens (tertiary/aromatic N) is 1. The van der Waals surface area contributed by atoms with Gasteiger partial charge in [-0.25, -0.2) is 0 Å². The average molecular weight is 297 g/mol. The minimum atomic E-state index is 1.12. The zero-order chi connectivity index (χ0) is 14.8. The highest BCUT2D eigenvalue weighted by molar-refractivity contribution is 7.98. The van der Waals surface area contributed by atoms with Crippen LogP contribution in [0.1, 0.15) is 24.0 Å². The maximum atomic E-state index is 2.52. The summed E-state index contributed by atoms with van der Waals surface area (Å²) < 4.78 is 2.52. The Labute approximate surface area is 131 Å². The van der Waals surface area contributed by atoms with Gasteiger partial charge in [-0.2, -0.15) is 11.8 Å². The van der Waals surface area contributed by atoms with Crippen LogP contribution >= 0.6 is 11.8 Å². The highest BCUT2D eigenvalue weighted by Gasteiger charge is 2.10. The first-order valence-corrected chi connectivity index (χ1v) is 9.08. The van der Waals surface area contributed by atoms with Gasteiger partial charge >= 0.3 is 0 Å². The summed E-state index contributed by atoms with van der Waals surface area (Å²) in [6, 6.07) is 13.7. The van der Waals surface area contributed by atoms with Crippen molar-refractivity contribution in [3.8, 4) is 0 Å². The zero-order valence-electron chi connectivity index (χ0n) is 13.1. The van der Waals surface area contributed by atoms with Crippen LogP contribution in [0.15, 0.2) is 36.4 Å². The lowest BCUT2D eigenvalue weighted by Crippen LogP contribution is -1.98. The minimum Gasteiger partial charge on any atom is -0.340 e. The molecule has 21 heavy (non-hydrogen) atoms. The third-order valence-corrected chi connectivity index (χ3v) is 4.86. The van der Waals surface area contributed by atoms with Crippen LogP contribution in [0.3, 0.4) is 0 Å². The van der Waals surface area contributed by atoms with Crippen molar-refractivity contribution in [2.24, 2.45) is 0 Å². The van der Waals surface area contributed by atoms with Crippen LogP contribution in [0, 0.1) is 13.8 Å². The Balaban J connectivity index is 2.12. The minimum absolute atomic E-state index is 1.12. The molecule has 0 aliphatic rings. The van der Waals surface area contributed by atoms with Crippen LogP contribution in [-0.2, 0) is 6.54 Å². The average Bonchev–Trinajstić information content (AvgIpc) is 2.76. The second kappa shape index (κ2) is 6.15. The van der Waals surface area contributed by atoms with Gasteiger partial charge in [0.1, 0.15) is 0 Å². The summed E-state index contributed by atoms with van der Waals surface area (Å²) in [6.45, 7) is 5.48. The Hall–Kier alpha value is -1.41. The zero-order valence-corrected chi connectivity index (χ0v) is 14.0. The molecule has 0 aliphatic carbocycles. The number of rotatable bonds is 5. The Bertz CT molecular complexity index is 711. The highest BCUT2D eigenvalue weighted by atomic mass is 32.2. The molecule has 0 atom stereocenters. The third kappa shape index (κ3) is 2.82. The number of aromatic nitrogens is 1. The van der Waals surface area contributed by atoms with Crippen molar-refractivity contribution in [3.63, 3.8) is 0 Å². The van der Waals surface area contributed by atoms with E-state index in [9.17, 15) is 0 Å². The molecule has 0 bridgehead atoms. The Kier molecular flexibility index (Phi) is 4.25. The number of unbranched alkanes of at least 4 members (excludes halogenated alkanes) is 1. The number of aryl methyl sites for hydroxylation is 3. The fourth-order valence-corrected chi connectivity index (χ4v) is 3.57. The van der Waals surface area contributed by atoms with E-state index in [0.29, 0.717) is 0 Å². The number of benzene rings is 2. The van der Waals surface area contributed by atoms with Gasteiger partial charge in [0, 0.05) is 28.4 Å². The number of hydrogen-bond donors (Lipinski definition) is 0. The largest absolute Gasteiger partial charge is 0.340 e. The fraction of sp³-hybridized carbons (Fsp3) is 0.368. The standard InChI is InChI=1S/C19H23NS/c1-14-6-8-16-17-9-7-15(2)13-19(17)20(18(16)12-14)10-4-5-11-21-3/h6-9,12-13H,4-5,10-11H2,1-3H3. The molecular formula is C19H23NS. The van der Waals surface area contributed by atoms with Crippen molar-refractivity contribution >= 4 is 33.6 Å². The smallest absolute Gasteiger partial charge is 0.0494 e. The molecule has 2 heteroatoms. The maximum absolute atomic E-state index is 2.52. The van der Waals surface area contributed by atoms with E-state index in [1.807, 2.05) is 11.8 Å². The monoisotopic (exact) mass is 297 g/mol. The van der Waals surface area contributed by atoms with Gasteiger partial charge in [0.25, 0.3) is 0 Å². The number of hydrogen-bond acceptors (Lipinski definition) is 1. The third-order valence-electron chi connectivity index (χ3n) is 4.16. The van der Waals surface area contributed by atoms with E-state index >= 15 is 0 Å². The second-order valence-electron chi connectivity index (χ2n) is 5.89. The molecule has 1 heterocycles. The second-order valence-corrected chi connectivity index (χ2v) is 6.88. The summed E-state index contributed by atoms with van der Waals surface area (Å²) in [7, 11) is 0. The van der Waals surface area contributed by atoms with Crippen LogP contribution in [0.4, 0.5) is 0 Å². The van der Waals surface area contributed by atoms with Crippen LogP contribution in [-0.4, -0.2) is 16.6 Å². The Morgan fingerprint density at radius 1 is 0.857 bits per heavy atom. The first kappa shape index (κ1) is 14.5. The molecule has 0 unspecified atom stereocenters. The first-order valence-electron chi connectivity index (χ1n) is 7.69. The quantitative estimate of drug-likeness (QED) is 0.559. The molecule has 0 saturated heterocycles. The molecule has 3 aromatic rings. The van der Waals surface area contributed by atoms with Crippen molar-refractivity contribution in [3.05, 3.63) is 47.5 Å². The van der Waals surface area contributed by atoms with E-state index in [1.54, 1.807) is 0 Å². The van der Waals surface area contributed by atoms with E-state index in [1.165, 1.54) is 51.5 Å². The van der Waals surface area contributed by atoms with E-state index < -0.39 is 0 Å². The number of thioether (sulfide) groups is 1. The normalized spacial score (nSPS) is 11.6. The molecule has 0 N–H and O–H groups in total. The predicted molar refractivity (Wildman–Crippen MR) is 96.5 cm³/mol. The highest BCUT2D eigenvalue weighted by Crippen LogP contribution is 2.30. The molecule has 0 radical (unpaired) electrons. The molecule has 2 aromatic carbocycles. The SMILES string of the molecule is CSCCCCn1c2cc(C)ccc2c2ccc(C)cc21. The number of fused-ring (bicyclic) bond motifs is 3. The molecule has 0 fully saturated rings. The Morgan fingerprint density at radius 2 is 1.43 bits per heavy atom. The molecule has 0 spiro atoms. The van der Waals surface area contributed by atoms with Crippen molar-refractivity contribution in [1.82, 2.24) is 4.57 Å². The van der Waals surface area contributed by atoms with Gasteiger partial charge < -0.3 is 4.57 Å². The topological polar surface area (TPSA) is 4.93 Å².